The van der Waals surface area contributed by atoms with Crippen molar-refractivity contribution in [2.45, 2.75) is 19.5 Å². The van der Waals surface area contributed by atoms with Crippen LogP contribution in [0.1, 0.15) is 17.5 Å². The number of hydrogen-bond acceptors (Lipinski definition) is 6. The van der Waals surface area contributed by atoms with E-state index in [0.717, 1.165) is 11.1 Å². The summed E-state index contributed by atoms with van der Waals surface area (Å²) in [5.41, 5.74) is 3.29. The molecule has 0 saturated carbocycles. The van der Waals surface area contributed by atoms with E-state index in [0.29, 0.717) is 30.7 Å². The lowest BCUT2D eigenvalue weighted by atomic mass is 10.1. The zero-order valence-electron chi connectivity index (χ0n) is 14.9. The van der Waals surface area contributed by atoms with E-state index in [1.54, 1.807) is 29.2 Å². The number of fused-ring (bicyclic) bond motifs is 1. The summed E-state index contributed by atoms with van der Waals surface area (Å²) in [6, 6.07) is 9.32. The number of benzene rings is 1. The van der Waals surface area contributed by atoms with E-state index in [-0.39, 0.29) is 24.2 Å². The first kappa shape index (κ1) is 17.1. The second kappa shape index (κ2) is 7.14. The Morgan fingerprint density at radius 1 is 1.19 bits per heavy atom. The highest BCUT2D eigenvalue weighted by Crippen LogP contribution is 2.23. The molecule has 4 rings (SSSR count). The molecule has 8 heteroatoms. The van der Waals surface area contributed by atoms with Crippen LogP contribution >= 0.6 is 0 Å². The minimum Gasteiger partial charge on any atom is -0.341 e. The van der Waals surface area contributed by atoms with Crippen molar-refractivity contribution >= 4 is 22.8 Å². The molecular formula is C19H19N5O3. The summed E-state index contributed by atoms with van der Waals surface area (Å²) in [7, 11) is 1.75. The zero-order chi connectivity index (χ0) is 18.8. The summed E-state index contributed by atoms with van der Waals surface area (Å²) in [5.74, 6) is -0.339. The normalized spacial score (nSPS) is 16.9. The van der Waals surface area contributed by atoms with Crippen molar-refractivity contribution < 1.29 is 14.2 Å². The smallest absolute Gasteiger partial charge is 0.228 e. The molecule has 0 spiro atoms. The fourth-order valence-electron chi connectivity index (χ4n) is 3.39. The number of nitrogens with zero attached hydrogens (tertiary/aromatic N) is 5. The van der Waals surface area contributed by atoms with Gasteiger partial charge < -0.3 is 9.80 Å². The average molecular weight is 365 g/mol. The van der Waals surface area contributed by atoms with Gasteiger partial charge in [-0.25, -0.2) is 4.63 Å². The van der Waals surface area contributed by atoms with Crippen molar-refractivity contribution in [1.82, 2.24) is 25.1 Å². The molecular weight excluding hydrogens is 346 g/mol. The Bertz CT molecular complexity index is 972. The number of amides is 2. The molecule has 3 heterocycles. The van der Waals surface area contributed by atoms with Gasteiger partial charge in [0.25, 0.3) is 0 Å². The van der Waals surface area contributed by atoms with Gasteiger partial charge in [-0.1, -0.05) is 6.07 Å². The highest BCUT2D eigenvalue weighted by atomic mass is 16.6. The van der Waals surface area contributed by atoms with Crippen molar-refractivity contribution in [1.29, 1.82) is 0 Å². The first-order valence-corrected chi connectivity index (χ1v) is 8.73. The van der Waals surface area contributed by atoms with E-state index in [1.807, 2.05) is 30.3 Å². The van der Waals surface area contributed by atoms with Gasteiger partial charge in [-0.2, -0.15) is 0 Å². The van der Waals surface area contributed by atoms with Gasteiger partial charge in [0.05, 0.1) is 5.92 Å². The van der Waals surface area contributed by atoms with Gasteiger partial charge in [0.1, 0.15) is 11.0 Å². The number of aromatic nitrogens is 3. The van der Waals surface area contributed by atoms with Crippen molar-refractivity contribution in [3.05, 3.63) is 53.9 Å². The van der Waals surface area contributed by atoms with Gasteiger partial charge >= 0.3 is 0 Å². The van der Waals surface area contributed by atoms with Crippen LogP contribution in [0, 0.1) is 5.92 Å². The molecule has 27 heavy (non-hydrogen) atoms. The second-order valence-corrected chi connectivity index (χ2v) is 6.81. The lowest BCUT2D eigenvalue weighted by Gasteiger charge is -2.21. The first-order chi connectivity index (χ1) is 13.1. The van der Waals surface area contributed by atoms with Crippen molar-refractivity contribution in [3.63, 3.8) is 0 Å². The molecule has 8 nitrogen and oxygen atoms in total. The van der Waals surface area contributed by atoms with Crippen LogP contribution in [0.2, 0.25) is 0 Å². The molecule has 3 aromatic rings. The van der Waals surface area contributed by atoms with E-state index in [2.05, 4.69) is 15.3 Å². The second-order valence-electron chi connectivity index (χ2n) is 6.81. The third kappa shape index (κ3) is 3.64. The maximum Gasteiger partial charge on any atom is 0.228 e. The minimum absolute atomic E-state index is 0.00801. The monoisotopic (exact) mass is 365 g/mol. The molecule has 2 amide bonds. The van der Waals surface area contributed by atoms with Gasteiger partial charge in [-0.05, 0) is 45.7 Å². The van der Waals surface area contributed by atoms with Crippen molar-refractivity contribution in [2.75, 3.05) is 13.6 Å². The summed E-state index contributed by atoms with van der Waals surface area (Å²) < 4.78 is 4.70. The topological polar surface area (TPSA) is 92.4 Å². The molecule has 0 N–H and O–H groups in total. The lowest BCUT2D eigenvalue weighted by Crippen LogP contribution is -2.34. The van der Waals surface area contributed by atoms with E-state index < -0.39 is 0 Å². The van der Waals surface area contributed by atoms with Crippen LogP contribution < -0.4 is 0 Å². The SMILES string of the molecule is CN(Cc1ccc2nonc2c1)C(=O)[C@H]1CC(=O)N(Cc2ccncc2)C1. The van der Waals surface area contributed by atoms with Crippen LogP contribution in [0.15, 0.2) is 47.4 Å². The number of carbonyl (C=O) groups excluding carboxylic acids is 2. The van der Waals surface area contributed by atoms with Gasteiger partial charge in [-0.3, -0.25) is 14.6 Å². The molecule has 1 saturated heterocycles. The largest absolute Gasteiger partial charge is 0.341 e. The average Bonchev–Trinajstić information content (AvgIpc) is 3.28. The molecule has 1 atom stereocenters. The Hall–Kier alpha value is -3.29. The van der Waals surface area contributed by atoms with Crippen molar-refractivity contribution in [2.24, 2.45) is 5.92 Å². The third-order valence-corrected chi connectivity index (χ3v) is 4.80. The predicted molar refractivity (Wildman–Crippen MR) is 96.0 cm³/mol. The van der Waals surface area contributed by atoms with Gasteiger partial charge in [0.2, 0.25) is 11.8 Å². The highest BCUT2D eigenvalue weighted by molar-refractivity contribution is 5.89. The molecule has 138 valence electrons. The Morgan fingerprint density at radius 3 is 2.78 bits per heavy atom. The highest BCUT2D eigenvalue weighted by Gasteiger charge is 2.35. The van der Waals surface area contributed by atoms with Crippen LogP contribution in [0.4, 0.5) is 0 Å². The fraction of sp³-hybridized carbons (Fsp3) is 0.316. The minimum atomic E-state index is -0.318. The van der Waals surface area contributed by atoms with Gasteiger partial charge in [-0.15, -0.1) is 0 Å². The molecule has 1 aromatic carbocycles. The maximum absolute atomic E-state index is 12.8. The summed E-state index contributed by atoms with van der Waals surface area (Å²) in [4.78, 5) is 32.5. The van der Waals surface area contributed by atoms with E-state index in [1.165, 1.54) is 0 Å². The molecule has 1 aliphatic heterocycles. The maximum atomic E-state index is 12.8. The molecule has 0 bridgehead atoms. The summed E-state index contributed by atoms with van der Waals surface area (Å²) in [6.45, 7) is 1.39. The number of likely N-dealkylation sites (tertiary alicyclic amines) is 1. The molecule has 0 radical (unpaired) electrons. The van der Waals surface area contributed by atoms with Crippen LogP contribution in [-0.2, 0) is 22.7 Å². The zero-order valence-corrected chi connectivity index (χ0v) is 14.9. The molecule has 1 aliphatic rings. The lowest BCUT2D eigenvalue weighted by molar-refractivity contribution is -0.135. The quantitative estimate of drug-likeness (QED) is 0.682. The number of pyridine rings is 1. The van der Waals surface area contributed by atoms with Crippen LogP contribution in [0.3, 0.4) is 0 Å². The Kier molecular flexibility index (Phi) is 4.53. The van der Waals surface area contributed by atoms with Crippen LogP contribution in [-0.4, -0.2) is 50.5 Å². The van der Waals surface area contributed by atoms with E-state index in [4.69, 9.17) is 4.63 Å². The van der Waals surface area contributed by atoms with Crippen LogP contribution in [0.5, 0.6) is 0 Å². The van der Waals surface area contributed by atoms with Gasteiger partial charge in [0, 0.05) is 45.5 Å². The fourth-order valence-corrected chi connectivity index (χ4v) is 3.39. The summed E-state index contributed by atoms with van der Waals surface area (Å²) >= 11 is 0. The number of rotatable bonds is 5. The first-order valence-electron chi connectivity index (χ1n) is 8.73. The van der Waals surface area contributed by atoms with Crippen molar-refractivity contribution in [3.8, 4) is 0 Å². The van der Waals surface area contributed by atoms with Crippen LogP contribution in [0.25, 0.3) is 11.0 Å². The molecule has 2 aromatic heterocycles. The summed E-state index contributed by atoms with van der Waals surface area (Å²) in [6.07, 6.45) is 3.65. The standard InChI is InChI=1S/C19H19N5O3/c1-23(10-14-2-3-16-17(8-14)22-27-21-16)19(26)15-9-18(25)24(12-15)11-13-4-6-20-7-5-13/h2-8,15H,9-12H2,1H3/t15-/m0/s1. The van der Waals surface area contributed by atoms with E-state index in [9.17, 15) is 9.59 Å². The molecule has 0 unspecified atom stereocenters. The molecule has 1 fully saturated rings. The summed E-state index contributed by atoms with van der Waals surface area (Å²) in [5, 5.41) is 7.60. The predicted octanol–water partition coefficient (Wildman–Crippen LogP) is 1.62. The Morgan fingerprint density at radius 2 is 1.96 bits per heavy atom. The number of carbonyl (C=O) groups is 2. The molecule has 0 aliphatic carbocycles. The third-order valence-electron chi connectivity index (χ3n) is 4.80. The Balaban J connectivity index is 1.39. The van der Waals surface area contributed by atoms with Gasteiger partial charge in [0.15, 0.2) is 0 Å². The number of hydrogen-bond donors (Lipinski definition) is 0. The Labute approximate surface area is 155 Å². The van der Waals surface area contributed by atoms with E-state index >= 15 is 0 Å².